The van der Waals surface area contributed by atoms with Crippen LogP contribution in [-0.4, -0.2) is 110 Å². The van der Waals surface area contributed by atoms with E-state index in [1.165, 1.54) is 0 Å². The van der Waals surface area contributed by atoms with E-state index in [4.69, 9.17) is 5.11 Å². The number of carbonyl (C=O) groups is 3. The summed E-state index contributed by atoms with van der Waals surface area (Å²) in [7, 11) is 2.16. The highest BCUT2D eigenvalue weighted by Gasteiger charge is 2.28. The van der Waals surface area contributed by atoms with Crippen molar-refractivity contribution >= 4 is 17.8 Å². The molecule has 0 radical (unpaired) electrons. The Kier molecular flexibility index (Phi) is 10.4. The molecule has 29 heavy (non-hydrogen) atoms. The van der Waals surface area contributed by atoms with Gasteiger partial charge < -0.3 is 20.6 Å². The van der Waals surface area contributed by atoms with Crippen molar-refractivity contribution in [1.29, 1.82) is 0 Å². The fourth-order valence-corrected chi connectivity index (χ4v) is 3.91. The third-order valence-corrected chi connectivity index (χ3v) is 5.70. The summed E-state index contributed by atoms with van der Waals surface area (Å²) in [6.45, 7) is 7.74. The van der Waals surface area contributed by atoms with Crippen LogP contribution in [-0.2, 0) is 14.4 Å². The van der Waals surface area contributed by atoms with Crippen LogP contribution in [0, 0.1) is 0 Å². The minimum Gasteiger partial charge on any atom is -0.481 e. The molecule has 2 heterocycles. The third-order valence-electron chi connectivity index (χ3n) is 5.70. The van der Waals surface area contributed by atoms with Crippen molar-refractivity contribution in [2.45, 2.75) is 44.6 Å². The molecular weight excluding hydrogens is 385 g/mol. The SMILES string of the molecule is CN1CCN([13CH2][13CH]2[13CH2][13CH2][13CH2][15N]2CC(=O)NCC[13CH2][13C](=O)[15NH]CCCC(=O)O)[13CH2][13CH2]1. The number of rotatable bonds is 12. The predicted molar refractivity (Wildman–Crippen MR) is 111 cm³/mol. The lowest BCUT2D eigenvalue weighted by Gasteiger charge is -2.36. The summed E-state index contributed by atoms with van der Waals surface area (Å²) >= 11 is 0. The molecule has 2 amide bonds. The van der Waals surface area contributed by atoms with E-state index in [2.05, 4.69) is 32.4 Å². The number of nitrogens with zero attached hydrogens (tertiary/aromatic N) is 3. The van der Waals surface area contributed by atoms with Crippen molar-refractivity contribution in [3.63, 3.8) is 0 Å². The molecule has 1 unspecified atom stereocenters. The van der Waals surface area contributed by atoms with Crippen LogP contribution in [0.4, 0.5) is 0 Å². The van der Waals surface area contributed by atoms with E-state index in [0.29, 0.717) is 44.9 Å². The smallest absolute Gasteiger partial charge is 0.303 e. The largest absolute Gasteiger partial charge is 0.481 e. The molecule has 0 aromatic heterocycles. The van der Waals surface area contributed by atoms with Gasteiger partial charge in [-0.3, -0.25) is 24.2 Å². The molecule has 166 valence electrons. The highest BCUT2D eigenvalue weighted by Crippen LogP contribution is 2.18. The van der Waals surface area contributed by atoms with E-state index in [1.807, 2.05) is 0 Å². The van der Waals surface area contributed by atoms with Gasteiger partial charge in [0.1, 0.15) is 0 Å². The minimum atomic E-state index is -0.856. The molecule has 2 aliphatic rings. The summed E-state index contributed by atoms with van der Waals surface area (Å²) in [6, 6.07) is 0.459. The molecule has 9 heteroatoms. The maximum atomic E-state index is 12.3. The zero-order chi connectivity index (χ0) is 21.1. The number of likely N-dealkylation sites (tertiary alicyclic amines) is 1. The van der Waals surface area contributed by atoms with Gasteiger partial charge >= 0.3 is 5.97 Å². The topological polar surface area (TPSA) is 105 Å². The zero-order valence-electron chi connectivity index (χ0n) is 17.7. The molecule has 1 atom stereocenters. The summed E-state index contributed by atoms with van der Waals surface area (Å²) in [6.07, 6.45) is 3.71. The van der Waals surface area contributed by atoms with Gasteiger partial charge in [0.15, 0.2) is 0 Å². The molecular formula is C20H37N5O4. The first-order chi connectivity index (χ1) is 13.9. The highest BCUT2D eigenvalue weighted by atomic mass is 16.4. The zero-order valence-corrected chi connectivity index (χ0v) is 17.7. The van der Waals surface area contributed by atoms with Gasteiger partial charge in [0.05, 0.1) is 6.54 Å². The molecule has 9 nitrogen and oxygen atoms in total. The molecule has 0 saturated carbocycles. The fourth-order valence-electron chi connectivity index (χ4n) is 3.91. The van der Waals surface area contributed by atoms with Gasteiger partial charge in [0.2, 0.25) is 11.8 Å². The number of carboxylic acids is 1. The Labute approximate surface area is 173 Å². The summed E-state index contributed by atoms with van der Waals surface area (Å²) in [5.74, 6) is -0.931. The first-order valence-corrected chi connectivity index (χ1v) is 10.8. The fraction of sp³-hybridized carbons (Fsp3) is 0.850. The van der Waals surface area contributed by atoms with Crippen LogP contribution in [0.5, 0.6) is 0 Å². The summed E-state index contributed by atoms with van der Waals surface area (Å²) in [5.41, 5.74) is 0. The van der Waals surface area contributed by atoms with Crippen molar-refractivity contribution in [2.24, 2.45) is 0 Å². The summed E-state index contributed by atoms with van der Waals surface area (Å²) in [4.78, 5) is 41.5. The second-order valence-corrected chi connectivity index (χ2v) is 8.17. The normalized spacial score (nSPS) is 21.2. The molecule has 2 saturated heterocycles. The Hall–Kier alpha value is -1.71. The second-order valence-electron chi connectivity index (χ2n) is 8.17. The van der Waals surface area contributed by atoms with E-state index >= 15 is 0 Å². The van der Waals surface area contributed by atoms with Crippen LogP contribution in [0.2, 0.25) is 0 Å². The van der Waals surface area contributed by atoms with Crippen molar-refractivity contribution in [3.05, 3.63) is 0 Å². The Morgan fingerprint density at radius 2 is 1.59 bits per heavy atom. The van der Waals surface area contributed by atoms with Crippen molar-refractivity contribution < 1.29 is 19.5 Å². The van der Waals surface area contributed by atoms with Crippen LogP contribution >= 0.6 is 0 Å². The maximum absolute atomic E-state index is 12.3. The lowest BCUT2D eigenvalue weighted by atomic mass is 10.3. The van der Waals surface area contributed by atoms with Crippen molar-refractivity contribution in [3.8, 4) is 0 Å². The van der Waals surface area contributed by atoms with Crippen molar-refractivity contribution in [2.75, 3.05) is 66.0 Å². The van der Waals surface area contributed by atoms with Crippen LogP contribution < -0.4 is 10.6 Å². The first kappa shape index (κ1) is 23.6. The number of hydrogen-bond donors (Lipinski definition) is 3. The van der Waals surface area contributed by atoms with E-state index in [9.17, 15) is 14.4 Å². The van der Waals surface area contributed by atoms with Gasteiger partial charge in [-0.25, -0.2) is 0 Å². The number of carbonyl (C=O) groups excluding carboxylic acids is 2. The Balaban J connectivity index is 1.55. The van der Waals surface area contributed by atoms with Gasteiger partial charge in [0.25, 0.3) is 0 Å². The second kappa shape index (κ2) is 12.8. The predicted octanol–water partition coefficient (Wildman–Crippen LogP) is -0.424. The van der Waals surface area contributed by atoms with Crippen LogP contribution in [0.1, 0.15) is 38.5 Å². The molecule has 0 spiro atoms. The first-order valence-electron chi connectivity index (χ1n) is 10.8. The number of nitrogens with one attached hydrogen (secondary N) is 2. The highest BCUT2D eigenvalue weighted by molar-refractivity contribution is 5.78. The lowest BCUT2D eigenvalue weighted by molar-refractivity contribution is -0.137. The summed E-state index contributed by atoms with van der Waals surface area (Å²) in [5, 5.41) is 14.2. The number of hydrogen-bond acceptors (Lipinski definition) is 6. The molecule has 0 bridgehead atoms. The Morgan fingerprint density at radius 3 is 2.28 bits per heavy atom. The number of likely N-dealkylation sites (N-methyl/N-ethyl adjacent to an activating group) is 1. The van der Waals surface area contributed by atoms with Gasteiger partial charge in [-0.1, -0.05) is 0 Å². The van der Waals surface area contributed by atoms with Crippen LogP contribution in [0.25, 0.3) is 0 Å². The van der Waals surface area contributed by atoms with E-state index in [1.54, 1.807) is 0 Å². The summed E-state index contributed by atoms with van der Waals surface area (Å²) < 4.78 is 0. The van der Waals surface area contributed by atoms with Crippen molar-refractivity contribution in [1.82, 2.24) is 25.3 Å². The number of piperazine rings is 1. The Morgan fingerprint density at radius 1 is 0.931 bits per heavy atom. The monoisotopic (exact) mass is 422 g/mol. The lowest BCUT2D eigenvalue weighted by Crippen LogP contribution is -2.50. The van der Waals surface area contributed by atoms with E-state index < -0.39 is 5.97 Å². The molecule has 2 fully saturated rings. The third kappa shape index (κ3) is 9.56. The van der Waals surface area contributed by atoms with Gasteiger partial charge in [-0.2, -0.15) is 0 Å². The number of carboxylic acid groups (broad SMARTS) is 1. The van der Waals surface area contributed by atoms with Gasteiger partial charge in [-0.15, -0.1) is 0 Å². The Bertz CT molecular complexity index is 537. The molecule has 0 aromatic rings. The van der Waals surface area contributed by atoms with Gasteiger partial charge in [0, 0.05) is 64.7 Å². The maximum Gasteiger partial charge on any atom is 0.303 e. The van der Waals surface area contributed by atoms with Gasteiger partial charge in [-0.05, 0) is 39.3 Å². The van der Waals surface area contributed by atoms with Crippen LogP contribution in [0.3, 0.4) is 0 Å². The molecule has 0 aromatic carbocycles. The molecule has 3 N–H and O–H groups in total. The van der Waals surface area contributed by atoms with Crippen LogP contribution in [0.15, 0.2) is 0 Å². The average Bonchev–Trinajstić information content (AvgIpc) is 3.10. The number of amides is 2. The number of aliphatic carboxylic acids is 1. The minimum absolute atomic E-state index is 0.0251. The van der Waals surface area contributed by atoms with E-state index in [0.717, 1.165) is 52.1 Å². The standard InChI is InChI=1S/C20H37N5O4/c1-23-11-13-24(14-12-23)15-17-5-4-10-25(17)16-19(27)22-8-2-6-18(26)21-9-3-7-20(28)29/h17H,2-16H2,1H3,(H,21,26)(H,22,27)(H,28,29)/i4+1,5+1,6+1,10+1,11+1,13+1,15+1,17+1,18+1,21+1,25+1. The quantitative estimate of drug-likeness (QED) is 0.223. The average molecular weight is 422 g/mol. The van der Waals surface area contributed by atoms with E-state index in [-0.39, 0.29) is 18.2 Å². The molecule has 2 rings (SSSR count). The molecule has 0 aliphatic carbocycles. The molecule has 2 aliphatic heterocycles.